The highest BCUT2D eigenvalue weighted by molar-refractivity contribution is 5.85. The quantitative estimate of drug-likeness (QED) is 0.600. The van der Waals surface area contributed by atoms with Crippen LogP contribution in [-0.4, -0.2) is 23.7 Å². The van der Waals surface area contributed by atoms with Crippen LogP contribution in [0.3, 0.4) is 0 Å². The molecular formula is C22H29NO4. The SMILES string of the molecule is CC(=O)OCC12CC3C(C)CCC3C3(C#N)CC1C=C(C(C)C)C32C(=O)O. The lowest BCUT2D eigenvalue weighted by Crippen LogP contribution is -2.62. The summed E-state index contributed by atoms with van der Waals surface area (Å²) in [5.41, 5.74) is -1.95. The fourth-order valence-corrected chi connectivity index (χ4v) is 7.77. The second kappa shape index (κ2) is 5.59. The first-order valence-electron chi connectivity index (χ1n) is 10.2. The Hall–Kier alpha value is -1.83. The van der Waals surface area contributed by atoms with Crippen molar-refractivity contribution < 1.29 is 19.4 Å². The normalized spacial score (nSPS) is 46.7. The van der Waals surface area contributed by atoms with E-state index in [-0.39, 0.29) is 30.3 Å². The standard InChI is InChI=1S/C22H29NO4/c1-12(2)18-7-15-8-20(10-23)17-6-5-13(3)16(17)9-21(15,11-27-14(4)24)22(18,20)19(25)26/h7,12-13,15-17H,5-6,8-9,11H2,1-4H3,(H,25,26). The number of nitriles is 1. The van der Waals surface area contributed by atoms with Crippen LogP contribution in [0.1, 0.15) is 53.4 Å². The largest absolute Gasteiger partial charge is 0.481 e. The Bertz CT molecular complexity index is 780. The van der Waals surface area contributed by atoms with Crippen LogP contribution in [0.2, 0.25) is 0 Å². The Morgan fingerprint density at radius 1 is 1.37 bits per heavy atom. The average molecular weight is 371 g/mol. The molecule has 4 aliphatic rings. The molecule has 5 nitrogen and oxygen atoms in total. The molecule has 4 rings (SSSR count). The van der Waals surface area contributed by atoms with Gasteiger partial charge in [0.1, 0.15) is 5.41 Å². The summed E-state index contributed by atoms with van der Waals surface area (Å²) < 4.78 is 5.51. The highest BCUT2D eigenvalue weighted by atomic mass is 16.5. The first kappa shape index (κ1) is 18.5. The zero-order valence-corrected chi connectivity index (χ0v) is 16.6. The minimum atomic E-state index is -1.24. The van der Waals surface area contributed by atoms with Crippen molar-refractivity contribution in [2.24, 2.45) is 45.8 Å². The maximum atomic E-state index is 13.1. The van der Waals surface area contributed by atoms with Gasteiger partial charge in [0.25, 0.3) is 0 Å². The van der Waals surface area contributed by atoms with E-state index in [4.69, 9.17) is 4.74 Å². The predicted octanol–water partition coefficient (Wildman–Crippen LogP) is 3.80. The highest BCUT2D eigenvalue weighted by Crippen LogP contribution is 2.83. The smallest absolute Gasteiger partial charge is 0.316 e. The van der Waals surface area contributed by atoms with E-state index in [2.05, 4.69) is 19.1 Å². The Morgan fingerprint density at radius 2 is 2.07 bits per heavy atom. The molecule has 5 heteroatoms. The Balaban J connectivity index is 1.98. The summed E-state index contributed by atoms with van der Waals surface area (Å²) in [7, 11) is 0. The van der Waals surface area contributed by atoms with Gasteiger partial charge in [-0.25, -0.2) is 0 Å². The van der Waals surface area contributed by atoms with E-state index in [0.29, 0.717) is 18.3 Å². The van der Waals surface area contributed by atoms with E-state index in [1.54, 1.807) is 0 Å². The van der Waals surface area contributed by atoms with Crippen molar-refractivity contribution in [3.05, 3.63) is 11.6 Å². The maximum Gasteiger partial charge on any atom is 0.316 e. The number of esters is 1. The molecule has 0 saturated heterocycles. The number of nitrogens with zero attached hydrogens (tertiary/aromatic N) is 1. The molecule has 3 saturated carbocycles. The van der Waals surface area contributed by atoms with Gasteiger partial charge >= 0.3 is 11.9 Å². The van der Waals surface area contributed by atoms with Gasteiger partial charge in [0, 0.05) is 12.3 Å². The number of carbonyl (C=O) groups excluding carboxylic acids is 1. The summed E-state index contributed by atoms with van der Waals surface area (Å²) in [6.45, 7) is 7.75. The molecule has 1 N–H and O–H groups in total. The van der Waals surface area contributed by atoms with Crippen molar-refractivity contribution in [3.8, 4) is 6.07 Å². The number of carboxylic acid groups (broad SMARTS) is 1. The van der Waals surface area contributed by atoms with Crippen molar-refractivity contribution in [2.45, 2.75) is 53.4 Å². The van der Waals surface area contributed by atoms with Gasteiger partial charge < -0.3 is 9.84 Å². The molecule has 0 heterocycles. The van der Waals surface area contributed by atoms with E-state index in [9.17, 15) is 20.0 Å². The Labute approximate surface area is 160 Å². The number of aliphatic carboxylic acids is 1. The number of rotatable bonds is 4. The van der Waals surface area contributed by atoms with Crippen molar-refractivity contribution in [3.63, 3.8) is 0 Å². The Kier molecular flexibility index (Phi) is 3.84. The number of carbonyl (C=O) groups is 2. The molecule has 4 aliphatic carbocycles. The third-order valence-corrected chi connectivity index (χ3v) is 8.57. The molecule has 0 radical (unpaired) electrons. The van der Waals surface area contributed by atoms with Crippen LogP contribution in [0.25, 0.3) is 0 Å². The van der Waals surface area contributed by atoms with Crippen molar-refractivity contribution >= 4 is 11.9 Å². The first-order valence-corrected chi connectivity index (χ1v) is 10.2. The molecule has 0 aromatic carbocycles. The third-order valence-electron chi connectivity index (χ3n) is 8.57. The van der Waals surface area contributed by atoms with Gasteiger partial charge in [-0.1, -0.05) is 38.8 Å². The van der Waals surface area contributed by atoms with E-state index >= 15 is 0 Å². The molecule has 0 aromatic rings. The van der Waals surface area contributed by atoms with Crippen molar-refractivity contribution in [2.75, 3.05) is 6.61 Å². The monoisotopic (exact) mass is 371 g/mol. The molecule has 0 spiro atoms. The number of hydrogen-bond donors (Lipinski definition) is 1. The van der Waals surface area contributed by atoms with Crippen LogP contribution in [0, 0.1) is 57.2 Å². The van der Waals surface area contributed by atoms with Gasteiger partial charge in [0.05, 0.1) is 18.1 Å². The summed E-state index contributed by atoms with van der Waals surface area (Å²) in [5, 5.41) is 21.2. The number of fused-ring (bicyclic) bond motifs is 2. The van der Waals surface area contributed by atoms with Gasteiger partial charge in [-0.05, 0) is 48.9 Å². The lowest BCUT2D eigenvalue weighted by Gasteiger charge is -2.57. The van der Waals surface area contributed by atoms with Gasteiger partial charge in [-0.2, -0.15) is 5.26 Å². The minimum Gasteiger partial charge on any atom is -0.481 e. The van der Waals surface area contributed by atoms with E-state index in [1.807, 2.05) is 13.8 Å². The lowest BCUT2D eigenvalue weighted by molar-refractivity contribution is -0.182. The summed E-state index contributed by atoms with van der Waals surface area (Å²) in [6, 6.07) is 2.59. The minimum absolute atomic E-state index is 0.0113. The number of hydrogen-bond acceptors (Lipinski definition) is 4. The van der Waals surface area contributed by atoms with Crippen molar-refractivity contribution in [1.82, 2.24) is 0 Å². The molecule has 0 amide bonds. The van der Waals surface area contributed by atoms with Crippen molar-refractivity contribution in [1.29, 1.82) is 5.26 Å². The van der Waals surface area contributed by atoms with Gasteiger partial charge in [-0.15, -0.1) is 0 Å². The zero-order chi connectivity index (χ0) is 19.8. The molecule has 4 bridgehead atoms. The number of carboxylic acids is 1. The summed E-state index contributed by atoms with van der Waals surface area (Å²) >= 11 is 0. The molecule has 0 aromatic heterocycles. The third kappa shape index (κ3) is 1.85. The van der Waals surface area contributed by atoms with E-state index in [0.717, 1.165) is 24.8 Å². The zero-order valence-electron chi connectivity index (χ0n) is 16.6. The molecular weight excluding hydrogens is 342 g/mol. The second-order valence-electron chi connectivity index (χ2n) is 9.69. The fourth-order valence-electron chi connectivity index (χ4n) is 7.77. The molecule has 3 fully saturated rings. The second-order valence-corrected chi connectivity index (χ2v) is 9.69. The molecule has 7 unspecified atom stereocenters. The van der Waals surface area contributed by atoms with Gasteiger partial charge in [0.2, 0.25) is 0 Å². The first-order chi connectivity index (χ1) is 12.7. The molecule has 7 atom stereocenters. The van der Waals surface area contributed by atoms with Crippen LogP contribution in [0.15, 0.2) is 11.6 Å². The summed E-state index contributed by atoms with van der Waals surface area (Å²) in [4.78, 5) is 24.7. The van der Waals surface area contributed by atoms with Crippen LogP contribution >= 0.6 is 0 Å². The average Bonchev–Trinajstić information content (AvgIpc) is 3.17. The number of ether oxygens (including phenoxy) is 1. The van der Waals surface area contributed by atoms with Crippen LogP contribution < -0.4 is 0 Å². The maximum absolute atomic E-state index is 13.1. The molecule has 27 heavy (non-hydrogen) atoms. The summed E-state index contributed by atoms with van der Waals surface area (Å²) in [6.07, 6.45) is 5.42. The van der Waals surface area contributed by atoms with Gasteiger partial charge in [0.15, 0.2) is 0 Å². The molecule has 146 valence electrons. The number of allylic oxidation sites excluding steroid dienone is 1. The highest BCUT2D eigenvalue weighted by Gasteiger charge is 2.85. The van der Waals surface area contributed by atoms with Crippen LogP contribution in [-0.2, 0) is 14.3 Å². The Morgan fingerprint density at radius 3 is 2.63 bits per heavy atom. The summed E-state index contributed by atoms with van der Waals surface area (Å²) in [5.74, 6) is -0.315. The predicted molar refractivity (Wildman–Crippen MR) is 98.2 cm³/mol. The van der Waals surface area contributed by atoms with Crippen LogP contribution in [0.4, 0.5) is 0 Å². The van der Waals surface area contributed by atoms with Crippen LogP contribution in [0.5, 0.6) is 0 Å². The molecule has 0 aliphatic heterocycles. The topological polar surface area (TPSA) is 87.4 Å². The fraction of sp³-hybridized carbons (Fsp3) is 0.773. The lowest BCUT2D eigenvalue weighted by atomic mass is 9.43. The van der Waals surface area contributed by atoms with E-state index < -0.39 is 22.2 Å². The van der Waals surface area contributed by atoms with E-state index in [1.165, 1.54) is 6.92 Å². The van der Waals surface area contributed by atoms with Gasteiger partial charge in [-0.3, -0.25) is 9.59 Å².